The maximum Gasteiger partial charge on any atom is 0.219 e. The molecule has 0 saturated carbocycles. The molecule has 0 radical (unpaired) electrons. The summed E-state index contributed by atoms with van der Waals surface area (Å²) in [6.45, 7) is 9.22. The fourth-order valence-electron chi connectivity index (χ4n) is 1.74. The van der Waals surface area contributed by atoms with E-state index in [9.17, 15) is 0 Å². The Bertz CT molecular complexity index is 623. The third-order valence-electron chi connectivity index (χ3n) is 2.88. The lowest BCUT2D eigenvalue weighted by Gasteiger charge is -2.21. The van der Waals surface area contributed by atoms with E-state index in [1.54, 1.807) is 12.4 Å². The molecule has 0 spiro atoms. The molecule has 21 heavy (non-hydrogen) atoms. The quantitative estimate of drug-likeness (QED) is 0.897. The molecule has 5 heteroatoms. The highest BCUT2D eigenvalue weighted by Crippen LogP contribution is 2.22. The van der Waals surface area contributed by atoms with Crippen molar-refractivity contribution in [3.8, 4) is 11.6 Å². The van der Waals surface area contributed by atoms with E-state index in [2.05, 4.69) is 52.0 Å². The van der Waals surface area contributed by atoms with E-state index in [4.69, 9.17) is 4.74 Å². The minimum Gasteiger partial charge on any atom is -0.437 e. The molecule has 2 rings (SSSR count). The fourth-order valence-corrected chi connectivity index (χ4v) is 2.08. The van der Waals surface area contributed by atoms with E-state index in [1.165, 1.54) is 5.56 Å². The molecule has 0 aromatic carbocycles. The molecule has 0 unspecified atom stereocenters. The number of pyridine rings is 2. The molecule has 0 atom stereocenters. The average Bonchev–Trinajstić information content (AvgIpc) is 2.36. The van der Waals surface area contributed by atoms with Crippen molar-refractivity contribution in [3.05, 3.63) is 46.3 Å². The fraction of sp³-hybridized carbons (Fsp3) is 0.375. The van der Waals surface area contributed by atoms with Crippen molar-refractivity contribution >= 4 is 15.9 Å². The molecule has 4 nitrogen and oxygen atoms in total. The van der Waals surface area contributed by atoms with Crippen LogP contribution in [-0.2, 0) is 6.54 Å². The Morgan fingerprint density at radius 2 is 2.00 bits per heavy atom. The lowest BCUT2D eigenvalue weighted by Crippen LogP contribution is -2.35. The first kappa shape index (κ1) is 15.9. The average molecular weight is 350 g/mol. The molecule has 0 saturated heterocycles. The van der Waals surface area contributed by atoms with Gasteiger partial charge in [0.1, 0.15) is 5.75 Å². The van der Waals surface area contributed by atoms with Crippen LogP contribution in [0.3, 0.4) is 0 Å². The number of nitrogens with one attached hydrogen (secondary N) is 1. The van der Waals surface area contributed by atoms with Crippen LogP contribution in [-0.4, -0.2) is 15.5 Å². The molecule has 2 heterocycles. The summed E-state index contributed by atoms with van der Waals surface area (Å²) in [6.07, 6.45) is 3.38. The standard InChI is InChI=1S/C16H20BrN3O/c1-11-12(8-19-16(2,3)4)5-6-15(20-11)21-14-7-13(17)9-18-10-14/h5-7,9-10,19H,8H2,1-4H3. The van der Waals surface area contributed by atoms with Crippen LogP contribution in [0.1, 0.15) is 32.0 Å². The van der Waals surface area contributed by atoms with E-state index >= 15 is 0 Å². The Morgan fingerprint density at radius 3 is 2.62 bits per heavy atom. The van der Waals surface area contributed by atoms with Gasteiger partial charge in [0.05, 0.1) is 6.20 Å². The summed E-state index contributed by atoms with van der Waals surface area (Å²) >= 11 is 3.37. The third kappa shape index (κ3) is 5.10. The van der Waals surface area contributed by atoms with Crippen LogP contribution < -0.4 is 10.1 Å². The Labute approximate surface area is 134 Å². The lowest BCUT2D eigenvalue weighted by molar-refractivity contribution is 0.422. The normalized spacial score (nSPS) is 11.5. The molecule has 2 aromatic rings. The second-order valence-electron chi connectivity index (χ2n) is 5.94. The second kappa shape index (κ2) is 6.54. The van der Waals surface area contributed by atoms with Gasteiger partial charge in [-0.25, -0.2) is 4.98 Å². The second-order valence-corrected chi connectivity index (χ2v) is 6.85. The monoisotopic (exact) mass is 349 g/mol. The van der Waals surface area contributed by atoms with Crippen molar-refractivity contribution in [1.82, 2.24) is 15.3 Å². The Morgan fingerprint density at radius 1 is 1.24 bits per heavy atom. The van der Waals surface area contributed by atoms with Gasteiger partial charge in [0.2, 0.25) is 5.88 Å². The van der Waals surface area contributed by atoms with Gasteiger partial charge < -0.3 is 10.1 Å². The van der Waals surface area contributed by atoms with Crippen molar-refractivity contribution < 1.29 is 4.74 Å². The SMILES string of the molecule is Cc1nc(Oc2cncc(Br)c2)ccc1CNC(C)(C)C. The number of aryl methyl sites for hydroxylation is 1. The first-order valence-electron chi connectivity index (χ1n) is 6.83. The zero-order chi connectivity index (χ0) is 15.5. The van der Waals surface area contributed by atoms with Crippen LogP contribution in [0.15, 0.2) is 35.1 Å². The van der Waals surface area contributed by atoms with E-state index in [0.29, 0.717) is 11.6 Å². The van der Waals surface area contributed by atoms with Crippen LogP contribution in [0.2, 0.25) is 0 Å². The maximum atomic E-state index is 5.72. The summed E-state index contributed by atoms with van der Waals surface area (Å²) < 4.78 is 6.59. The van der Waals surface area contributed by atoms with Crippen molar-refractivity contribution in [2.24, 2.45) is 0 Å². The number of halogens is 1. The molecular weight excluding hydrogens is 330 g/mol. The van der Waals surface area contributed by atoms with Crippen LogP contribution in [0, 0.1) is 6.92 Å². The van der Waals surface area contributed by atoms with Gasteiger partial charge in [0.25, 0.3) is 0 Å². The number of rotatable bonds is 4. The summed E-state index contributed by atoms with van der Waals surface area (Å²) in [5, 5.41) is 3.46. The van der Waals surface area contributed by atoms with Crippen molar-refractivity contribution in [3.63, 3.8) is 0 Å². The molecule has 2 aromatic heterocycles. The molecule has 0 aliphatic rings. The molecule has 0 bridgehead atoms. The number of ether oxygens (including phenoxy) is 1. The van der Waals surface area contributed by atoms with Gasteiger partial charge in [0, 0.05) is 34.5 Å². The third-order valence-corrected chi connectivity index (χ3v) is 3.31. The van der Waals surface area contributed by atoms with Gasteiger partial charge >= 0.3 is 0 Å². The number of hydrogen-bond donors (Lipinski definition) is 1. The summed E-state index contributed by atoms with van der Waals surface area (Å²) in [5.74, 6) is 1.24. The minimum absolute atomic E-state index is 0.0869. The molecule has 1 N–H and O–H groups in total. The van der Waals surface area contributed by atoms with Gasteiger partial charge in [0.15, 0.2) is 0 Å². The predicted octanol–water partition coefficient (Wildman–Crippen LogP) is 4.23. The predicted molar refractivity (Wildman–Crippen MR) is 87.6 cm³/mol. The van der Waals surface area contributed by atoms with Crippen LogP contribution in [0.4, 0.5) is 0 Å². The van der Waals surface area contributed by atoms with Crippen LogP contribution >= 0.6 is 15.9 Å². The summed E-state index contributed by atoms with van der Waals surface area (Å²) in [5.41, 5.74) is 2.22. The van der Waals surface area contributed by atoms with Gasteiger partial charge in [-0.2, -0.15) is 0 Å². The number of hydrogen-bond acceptors (Lipinski definition) is 4. The summed E-state index contributed by atoms with van der Waals surface area (Å²) in [7, 11) is 0. The minimum atomic E-state index is 0.0869. The van der Waals surface area contributed by atoms with E-state index in [-0.39, 0.29) is 5.54 Å². The molecule has 0 aliphatic heterocycles. The largest absolute Gasteiger partial charge is 0.437 e. The highest BCUT2D eigenvalue weighted by Gasteiger charge is 2.10. The van der Waals surface area contributed by atoms with Crippen LogP contribution in [0.5, 0.6) is 11.6 Å². The van der Waals surface area contributed by atoms with Crippen molar-refractivity contribution in [1.29, 1.82) is 0 Å². The Balaban J connectivity index is 2.08. The molecule has 0 amide bonds. The zero-order valence-corrected chi connectivity index (χ0v) is 14.4. The maximum absolute atomic E-state index is 5.72. The van der Waals surface area contributed by atoms with Gasteiger partial charge in [-0.3, -0.25) is 4.98 Å². The smallest absolute Gasteiger partial charge is 0.219 e. The van der Waals surface area contributed by atoms with E-state index in [1.807, 2.05) is 25.1 Å². The van der Waals surface area contributed by atoms with E-state index < -0.39 is 0 Å². The molecule has 0 aliphatic carbocycles. The first-order valence-corrected chi connectivity index (χ1v) is 7.63. The van der Waals surface area contributed by atoms with Crippen molar-refractivity contribution in [2.75, 3.05) is 0 Å². The highest BCUT2D eigenvalue weighted by atomic mass is 79.9. The lowest BCUT2D eigenvalue weighted by atomic mass is 10.1. The van der Waals surface area contributed by atoms with Gasteiger partial charge in [-0.1, -0.05) is 6.07 Å². The number of nitrogens with zero attached hydrogens (tertiary/aromatic N) is 2. The number of aromatic nitrogens is 2. The highest BCUT2D eigenvalue weighted by molar-refractivity contribution is 9.10. The summed E-state index contributed by atoms with van der Waals surface area (Å²) in [6, 6.07) is 5.79. The van der Waals surface area contributed by atoms with Crippen molar-refractivity contribution in [2.45, 2.75) is 39.8 Å². The van der Waals surface area contributed by atoms with Crippen LogP contribution in [0.25, 0.3) is 0 Å². The molecular formula is C16H20BrN3O. The topological polar surface area (TPSA) is 47.0 Å². The summed E-state index contributed by atoms with van der Waals surface area (Å²) in [4.78, 5) is 8.56. The first-order chi connectivity index (χ1) is 9.83. The zero-order valence-electron chi connectivity index (χ0n) is 12.8. The Kier molecular flexibility index (Phi) is 4.96. The van der Waals surface area contributed by atoms with Gasteiger partial charge in [-0.05, 0) is 55.3 Å². The van der Waals surface area contributed by atoms with E-state index in [0.717, 1.165) is 16.7 Å². The molecule has 112 valence electrons. The Hall–Kier alpha value is -1.46. The van der Waals surface area contributed by atoms with Gasteiger partial charge in [-0.15, -0.1) is 0 Å². The molecule has 0 fully saturated rings.